The highest BCUT2D eigenvalue weighted by molar-refractivity contribution is 7.91. The largest absolute Gasteiger partial charge is 0.353 e. The molecule has 5 nitrogen and oxygen atoms in total. The van der Waals surface area contributed by atoms with Gasteiger partial charge < -0.3 is 5.32 Å². The molecule has 1 N–H and O–H groups in total. The Labute approximate surface area is 147 Å². The fourth-order valence-electron chi connectivity index (χ4n) is 2.28. The molecule has 0 radical (unpaired) electrons. The van der Waals surface area contributed by atoms with Crippen LogP contribution in [0.3, 0.4) is 0 Å². The Balaban J connectivity index is 2.44. The van der Waals surface area contributed by atoms with E-state index in [0.29, 0.717) is 5.56 Å². The van der Waals surface area contributed by atoms with E-state index in [1.807, 2.05) is 13.8 Å². The van der Waals surface area contributed by atoms with E-state index in [1.165, 1.54) is 6.20 Å². The minimum Gasteiger partial charge on any atom is -0.353 e. The predicted molar refractivity (Wildman–Crippen MR) is 93.8 cm³/mol. The summed E-state index contributed by atoms with van der Waals surface area (Å²) in [6.07, 6.45) is 3.07. The van der Waals surface area contributed by atoms with Crippen LogP contribution in [0.2, 0.25) is 0 Å². The number of sulfone groups is 1. The number of hydrogen-bond acceptors (Lipinski definition) is 4. The second kappa shape index (κ2) is 7.77. The molecule has 0 bridgehead atoms. The third-order valence-corrected chi connectivity index (χ3v) is 6.19. The lowest BCUT2D eigenvalue weighted by Crippen LogP contribution is -2.32. The monoisotopic (exact) mass is 366 g/mol. The Kier molecular flexibility index (Phi) is 5.96. The third kappa shape index (κ3) is 4.13. The molecule has 0 saturated carbocycles. The molecule has 0 saturated heterocycles. The molecule has 0 spiro atoms. The fraction of sp³-hybridized carbons (Fsp3) is 0.294. The predicted octanol–water partition coefficient (Wildman–Crippen LogP) is 2.57. The van der Waals surface area contributed by atoms with Crippen LogP contribution in [0.15, 0.2) is 47.6 Å². The molecular weight excluding hydrogens is 348 g/mol. The van der Waals surface area contributed by atoms with Crippen molar-refractivity contribution in [3.05, 3.63) is 59.4 Å². The van der Waals surface area contributed by atoms with Crippen LogP contribution in [0.4, 0.5) is 0 Å². The minimum atomic E-state index is -3.70. The molecule has 1 aromatic heterocycles. The fourth-order valence-corrected chi connectivity index (χ4v) is 4.10. The van der Waals surface area contributed by atoms with Crippen LogP contribution in [-0.4, -0.2) is 31.7 Å². The first kappa shape index (κ1) is 18.4. The van der Waals surface area contributed by atoms with E-state index in [1.54, 1.807) is 36.5 Å². The van der Waals surface area contributed by atoms with Crippen molar-refractivity contribution in [1.82, 2.24) is 10.3 Å². The summed E-state index contributed by atoms with van der Waals surface area (Å²) < 4.78 is 26.2. The topological polar surface area (TPSA) is 76.1 Å². The van der Waals surface area contributed by atoms with Crippen LogP contribution in [0, 0.1) is 13.8 Å². The first-order valence-corrected chi connectivity index (χ1v) is 9.48. The highest BCUT2D eigenvalue weighted by Crippen LogP contribution is 2.29. The van der Waals surface area contributed by atoms with Gasteiger partial charge in [0.25, 0.3) is 0 Å². The lowest BCUT2D eigenvalue weighted by molar-refractivity contribution is -0.118. The molecule has 0 aliphatic rings. The van der Waals surface area contributed by atoms with Gasteiger partial charge in [-0.15, -0.1) is 11.6 Å². The summed E-state index contributed by atoms with van der Waals surface area (Å²) in [4.78, 5) is 15.7. The van der Waals surface area contributed by atoms with Gasteiger partial charge in [0, 0.05) is 18.9 Å². The molecule has 1 amide bonds. The molecule has 0 aliphatic heterocycles. The van der Waals surface area contributed by atoms with E-state index < -0.39 is 21.0 Å². The Bertz CT molecular complexity index is 823. The highest BCUT2D eigenvalue weighted by atomic mass is 35.5. The number of aromatic nitrogens is 1. The second-order valence-corrected chi connectivity index (χ2v) is 7.90. The van der Waals surface area contributed by atoms with Crippen LogP contribution in [-0.2, 0) is 14.6 Å². The van der Waals surface area contributed by atoms with Gasteiger partial charge in [0.15, 0.2) is 9.84 Å². The number of hydrogen-bond donors (Lipinski definition) is 1. The molecule has 1 atom stereocenters. The van der Waals surface area contributed by atoms with Crippen molar-refractivity contribution in [2.24, 2.45) is 0 Å². The molecule has 0 unspecified atom stereocenters. The summed E-state index contributed by atoms with van der Waals surface area (Å²) >= 11 is 5.48. The van der Waals surface area contributed by atoms with E-state index in [4.69, 9.17) is 11.6 Å². The van der Waals surface area contributed by atoms with Gasteiger partial charge in [0.2, 0.25) is 5.91 Å². The van der Waals surface area contributed by atoms with Gasteiger partial charge in [0.05, 0.1) is 4.90 Å². The van der Waals surface area contributed by atoms with Gasteiger partial charge in [-0.2, -0.15) is 0 Å². The zero-order chi connectivity index (χ0) is 17.7. The highest BCUT2D eigenvalue weighted by Gasteiger charge is 2.30. The van der Waals surface area contributed by atoms with Gasteiger partial charge in [-0.1, -0.05) is 12.1 Å². The van der Waals surface area contributed by atoms with E-state index in [2.05, 4.69) is 10.3 Å². The minimum absolute atomic E-state index is 0.0630. The van der Waals surface area contributed by atoms with E-state index in [9.17, 15) is 13.2 Å². The Morgan fingerprint density at radius 1 is 1.25 bits per heavy atom. The van der Waals surface area contributed by atoms with Crippen molar-refractivity contribution >= 4 is 27.3 Å². The van der Waals surface area contributed by atoms with E-state index >= 15 is 0 Å². The lowest BCUT2D eigenvalue weighted by Gasteiger charge is -2.19. The van der Waals surface area contributed by atoms with E-state index in [0.717, 1.165) is 11.1 Å². The van der Waals surface area contributed by atoms with Crippen molar-refractivity contribution in [3.63, 3.8) is 0 Å². The van der Waals surface area contributed by atoms with E-state index in [-0.39, 0.29) is 17.3 Å². The maximum absolute atomic E-state index is 13.1. The average Bonchev–Trinajstić information content (AvgIpc) is 2.57. The van der Waals surface area contributed by atoms with Gasteiger partial charge in [-0.3, -0.25) is 9.78 Å². The quantitative estimate of drug-likeness (QED) is 0.797. The summed E-state index contributed by atoms with van der Waals surface area (Å²) in [5.41, 5.74) is 2.43. The summed E-state index contributed by atoms with van der Waals surface area (Å²) in [7, 11) is -3.70. The Hall–Kier alpha value is -1.92. The normalized spacial score (nSPS) is 12.6. The number of aryl methyl sites for hydroxylation is 2. The van der Waals surface area contributed by atoms with Crippen molar-refractivity contribution in [2.45, 2.75) is 24.0 Å². The molecule has 128 valence electrons. The molecule has 2 aromatic rings. The lowest BCUT2D eigenvalue weighted by atomic mass is 10.1. The summed E-state index contributed by atoms with van der Waals surface area (Å²) in [6, 6.07) is 8.37. The molecule has 24 heavy (non-hydrogen) atoms. The number of benzene rings is 1. The molecule has 7 heteroatoms. The number of pyridine rings is 1. The first-order valence-electron chi connectivity index (χ1n) is 7.40. The summed E-state index contributed by atoms with van der Waals surface area (Å²) in [6.45, 7) is 3.72. The number of nitrogens with zero attached hydrogens (tertiary/aromatic N) is 1. The van der Waals surface area contributed by atoms with Crippen LogP contribution < -0.4 is 5.32 Å². The Morgan fingerprint density at radius 2 is 2.00 bits per heavy atom. The molecule has 2 rings (SSSR count). The number of nitrogens with one attached hydrogen (secondary N) is 1. The van der Waals surface area contributed by atoms with Crippen LogP contribution in [0.25, 0.3) is 0 Å². The van der Waals surface area contributed by atoms with Crippen LogP contribution in [0.5, 0.6) is 0 Å². The number of amides is 1. The van der Waals surface area contributed by atoms with Crippen molar-refractivity contribution in [2.75, 3.05) is 12.4 Å². The SMILES string of the molecule is Cc1ccc(S(=O)(=O)[C@H](CNC(=O)CCl)c2cccnc2)cc1C. The van der Waals surface area contributed by atoms with Gasteiger partial charge in [-0.25, -0.2) is 8.42 Å². The third-order valence-electron chi connectivity index (χ3n) is 3.84. The number of rotatable bonds is 6. The zero-order valence-electron chi connectivity index (χ0n) is 13.5. The number of halogens is 1. The number of alkyl halides is 1. The smallest absolute Gasteiger partial charge is 0.234 e. The molecule has 0 fully saturated rings. The van der Waals surface area contributed by atoms with Gasteiger partial charge in [-0.05, 0) is 48.7 Å². The summed E-state index contributed by atoms with van der Waals surface area (Å²) in [5, 5.41) is 1.62. The maximum Gasteiger partial charge on any atom is 0.234 e. The second-order valence-electron chi connectivity index (χ2n) is 5.50. The Morgan fingerprint density at radius 3 is 2.58 bits per heavy atom. The average molecular weight is 367 g/mol. The maximum atomic E-state index is 13.1. The van der Waals surface area contributed by atoms with Crippen molar-refractivity contribution in [3.8, 4) is 0 Å². The standard InChI is InChI=1S/C17H19ClN2O3S/c1-12-5-6-15(8-13(12)2)24(22,23)16(11-20-17(21)9-18)14-4-3-7-19-10-14/h3-8,10,16H,9,11H2,1-2H3,(H,20,21)/t16-/m1/s1. The number of carbonyl (C=O) groups is 1. The molecule has 1 aromatic carbocycles. The van der Waals surface area contributed by atoms with Crippen LogP contribution >= 0.6 is 11.6 Å². The van der Waals surface area contributed by atoms with Crippen LogP contribution in [0.1, 0.15) is 21.9 Å². The van der Waals surface area contributed by atoms with Crippen molar-refractivity contribution < 1.29 is 13.2 Å². The van der Waals surface area contributed by atoms with Gasteiger partial charge in [0.1, 0.15) is 11.1 Å². The molecule has 1 heterocycles. The van der Waals surface area contributed by atoms with Gasteiger partial charge >= 0.3 is 0 Å². The summed E-state index contributed by atoms with van der Waals surface area (Å²) in [5.74, 6) is -0.635. The first-order chi connectivity index (χ1) is 11.4. The zero-order valence-corrected chi connectivity index (χ0v) is 15.1. The molecular formula is C17H19ClN2O3S. The van der Waals surface area contributed by atoms with Crippen molar-refractivity contribution in [1.29, 1.82) is 0 Å². The number of carbonyl (C=O) groups excluding carboxylic acids is 1. The molecule has 0 aliphatic carbocycles.